The van der Waals surface area contributed by atoms with Crippen LogP contribution in [-0.4, -0.2) is 5.91 Å². The third-order valence-electron chi connectivity index (χ3n) is 3.09. The van der Waals surface area contributed by atoms with Crippen molar-refractivity contribution in [3.63, 3.8) is 0 Å². The monoisotopic (exact) mass is 275 g/mol. The van der Waals surface area contributed by atoms with Gasteiger partial charge in [0.2, 0.25) is 0 Å². The van der Waals surface area contributed by atoms with Gasteiger partial charge in [0.25, 0.3) is 5.91 Å². The standard InChI is InChI=1S/C16H15F2NO/c1-10-7-8-13(15(18)9-10)16(20)19-11(2)12-5-3-4-6-14(12)17/h3-9,11H,1-2H3,(H,19,20). The first-order valence-corrected chi connectivity index (χ1v) is 6.30. The van der Waals surface area contributed by atoms with E-state index in [1.807, 2.05) is 0 Å². The van der Waals surface area contributed by atoms with E-state index in [2.05, 4.69) is 5.32 Å². The minimum absolute atomic E-state index is 0.0428. The Morgan fingerprint density at radius 1 is 1.10 bits per heavy atom. The molecular weight excluding hydrogens is 260 g/mol. The molecule has 0 aliphatic rings. The number of hydrogen-bond donors (Lipinski definition) is 1. The van der Waals surface area contributed by atoms with Crippen LogP contribution in [0.3, 0.4) is 0 Å². The van der Waals surface area contributed by atoms with Gasteiger partial charge in [0, 0.05) is 5.56 Å². The molecule has 2 aromatic carbocycles. The van der Waals surface area contributed by atoms with E-state index in [4.69, 9.17) is 0 Å². The molecule has 1 atom stereocenters. The van der Waals surface area contributed by atoms with Crippen LogP contribution in [0, 0.1) is 18.6 Å². The van der Waals surface area contributed by atoms with Gasteiger partial charge >= 0.3 is 0 Å². The summed E-state index contributed by atoms with van der Waals surface area (Å²) in [6.07, 6.45) is 0. The Kier molecular flexibility index (Phi) is 4.13. The summed E-state index contributed by atoms with van der Waals surface area (Å²) in [6, 6.07) is 10.0. The molecule has 0 bridgehead atoms. The summed E-state index contributed by atoms with van der Waals surface area (Å²) in [6.45, 7) is 3.40. The normalized spacial score (nSPS) is 12.0. The molecule has 0 aliphatic carbocycles. The Hall–Kier alpha value is -2.23. The molecule has 0 aliphatic heterocycles. The number of nitrogens with one attached hydrogen (secondary N) is 1. The van der Waals surface area contributed by atoms with Crippen LogP contribution >= 0.6 is 0 Å². The van der Waals surface area contributed by atoms with Crippen LogP contribution in [0.5, 0.6) is 0 Å². The summed E-state index contributed by atoms with van der Waals surface area (Å²) < 4.78 is 27.3. The van der Waals surface area contributed by atoms with E-state index >= 15 is 0 Å². The van der Waals surface area contributed by atoms with Gasteiger partial charge in [-0.25, -0.2) is 8.78 Å². The van der Waals surface area contributed by atoms with E-state index in [0.29, 0.717) is 5.56 Å². The second-order valence-corrected chi connectivity index (χ2v) is 4.70. The predicted octanol–water partition coefficient (Wildman–Crippen LogP) is 3.76. The molecule has 104 valence electrons. The maximum atomic E-state index is 13.7. The fraction of sp³-hybridized carbons (Fsp3) is 0.188. The molecule has 1 unspecified atom stereocenters. The zero-order valence-corrected chi connectivity index (χ0v) is 11.3. The number of hydrogen-bond acceptors (Lipinski definition) is 1. The molecule has 0 fully saturated rings. The average molecular weight is 275 g/mol. The molecule has 0 aromatic heterocycles. The smallest absolute Gasteiger partial charge is 0.254 e. The molecular formula is C16H15F2NO. The maximum absolute atomic E-state index is 13.7. The highest BCUT2D eigenvalue weighted by atomic mass is 19.1. The SMILES string of the molecule is Cc1ccc(C(=O)NC(C)c2ccccc2F)c(F)c1. The summed E-state index contributed by atoms with van der Waals surface area (Å²) in [7, 11) is 0. The van der Waals surface area contributed by atoms with Crippen molar-refractivity contribution in [2.45, 2.75) is 19.9 Å². The van der Waals surface area contributed by atoms with Crippen LogP contribution in [-0.2, 0) is 0 Å². The summed E-state index contributed by atoms with van der Waals surface area (Å²) in [5.41, 5.74) is 1.06. The molecule has 2 aromatic rings. The highest BCUT2D eigenvalue weighted by molar-refractivity contribution is 5.94. The number of carbonyl (C=O) groups is 1. The lowest BCUT2D eigenvalue weighted by Gasteiger charge is -2.15. The van der Waals surface area contributed by atoms with Crippen LogP contribution in [0.2, 0.25) is 0 Å². The van der Waals surface area contributed by atoms with E-state index in [-0.39, 0.29) is 5.56 Å². The van der Waals surface area contributed by atoms with Crippen LogP contribution in [0.4, 0.5) is 8.78 Å². The lowest BCUT2D eigenvalue weighted by atomic mass is 10.1. The first-order valence-electron chi connectivity index (χ1n) is 6.30. The fourth-order valence-electron chi connectivity index (χ4n) is 1.98. The van der Waals surface area contributed by atoms with Crippen LogP contribution in [0.1, 0.15) is 34.5 Å². The number of amides is 1. The topological polar surface area (TPSA) is 29.1 Å². The quantitative estimate of drug-likeness (QED) is 0.907. The molecule has 20 heavy (non-hydrogen) atoms. The van der Waals surface area contributed by atoms with Gasteiger partial charge in [-0.15, -0.1) is 0 Å². The van der Waals surface area contributed by atoms with Gasteiger partial charge < -0.3 is 5.32 Å². The number of carbonyl (C=O) groups excluding carboxylic acids is 1. The minimum atomic E-state index is -0.580. The molecule has 2 rings (SSSR count). The zero-order valence-electron chi connectivity index (χ0n) is 11.3. The van der Waals surface area contributed by atoms with Crippen LogP contribution in [0.25, 0.3) is 0 Å². The Morgan fingerprint density at radius 2 is 1.80 bits per heavy atom. The minimum Gasteiger partial charge on any atom is -0.345 e. The first kappa shape index (κ1) is 14.2. The Morgan fingerprint density at radius 3 is 2.45 bits per heavy atom. The van der Waals surface area contributed by atoms with Crippen molar-refractivity contribution in [2.75, 3.05) is 0 Å². The van der Waals surface area contributed by atoms with Gasteiger partial charge in [-0.1, -0.05) is 24.3 Å². The molecule has 1 N–H and O–H groups in total. The molecule has 0 spiro atoms. The highest BCUT2D eigenvalue weighted by Gasteiger charge is 2.16. The molecule has 0 saturated heterocycles. The van der Waals surface area contributed by atoms with Crippen LogP contribution < -0.4 is 5.32 Å². The average Bonchev–Trinajstić information content (AvgIpc) is 2.38. The number of rotatable bonds is 3. The predicted molar refractivity (Wildman–Crippen MR) is 73.4 cm³/mol. The van der Waals surface area contributed by atoms with E-state index in [1.54, 1.807) is 38.1 Å². The van der Waals surface area contributed by atoms with Gasteiger partial charge in [-0.3, -0.25) is 4.79 Å². The van der Waals surface area contributed by atoms with Crippen molar-refractivity contribution in [1.29, 1.82) is 0 Å². The Labute approximate surface area is 116 Å². The summed E-state index contributed by atoms with van der Waals surface area (Å²) >= 11 is 0. The van der Waals surface area contributed by atoms with Gasteiger partial charge in [0.1, 0.15) is 11.6 Å². The largest absolute Gasteiger partial charge is 0.345 e. The molecule has 2 nitrogen and oxygen atoms in total. The van der Waals surface area contributed by atoms with Crippen molar-refractivity contribution < 1.29 is 13.6 Å². The van der Waals surface area contributed by atoms with Gasteiger partial charge in [0.15, 0.2) is 0 Å². The van der Waals surface area contributed by atoms with Crippen LogP contribution in [0.15, 0.2) is 42.5 Å². The van der Waals surface area contributed by atoms with Gasteiger partial charge in [-0.2, -0.15) is 0 Å². The first-order chi connectivity index (χ1) is 9.49. The second kappa shape index (κ2) is 5.82. The lowest BCUT2D eigenvalue weighted by Crippen LogP contribution is -2.28. The van der Waals surface area contributed by atoms with Gasteiger partial charge in [-0.05, 0) is 37.6 Å². The second-order valence-electron chi connectivity index (χ2n) is 4.70. The van der Waals surface area contributed by atoms with Gasteiger partial charge in [0.05, 0.1) is 11.6 Å². The van der Waals surface area contributed by atoms with E-state index in [9.17, 15) is 13.6 Å². The van der Waals surface area contributed by atoms with Crippen molar-refractivity contribution in [3.8, 4) is 0 Å². The van der Waals surface area contributed by atoms with Crippen molar-refractivity contribution in [2.24, 2.45) is 0 Å². The van der Waals surface area contributed by atoms with Crippen molar-refractivity contribution in [3.05, 3.63) is 70.8 Å². The molecule has 0 saturated carbocycles. The fourth-order valence-corrected chi connectivity index (χ4v) is 1.98. The van der Waals surface area contributed by atoms with E-state index in [0.717, 1.165) is 5.56 Å². The Bertz CT molecular complexity index is 640. The number of aryl methyl sites for hydroxylation is 1. The summed E-state index contributed by atoms with van der Waals surface area (Å²) in [5, 5.41) is 2.59. The van der Waals surface area contributed by atoms with Crippen molar-refractivity contribution in [1.82, 2.24) is 5.32 Å². The summed E-state index contributed by atoms with van der Waals surface area (Å²) in [5.74, 6) is -1.54. The van der Waals surface area contributed by atoms with E-state index in [1.165, 1.54) is 18.2 Å². The molecule has 4 heteroatoms. The highest BCUT2D eigenvalue weighted by Crippen LogP contribution is 2.17. The molecule has 0 radical (unpaired) electrons. The maximum Gasteiger partial charge on any atom is 0.254 e. The van der Waals surface area contributed by atoms with E-state index < -0.39 is 23.6 Å². The number of benzene rings is 2. The third-order valence-corrected chi connectivity index (χ3v) is 3.09. The number of halogens is 2. The summed E-state index contributed by atoms with van der Waals surface area (Å²) in [4.78, 5) is 12.0. The molecule has 1 amide bonds. The molecule has 0 heterocycles. The lowest BCUT2D eigenvalue weighted by molar-refractivity contribution is 0.0935. The Balaban J connectivity index is 2.17. The van der Waals surface area contributed by atoms with Crippen molar-refractivity contribution >= 4 is 5.91 Å². The third kappa shape index (κ3) is 3.02. The zero-order chi connectivity index (χ0) is 14.7.